The Labute approximate surface area is 173 Å². The Morgan fingerprint density at radius 3 is 2.67 bits per heavy atom. The summed E-state index contributed by atoms with van der Waals surface area (Å²) in [5.74, 6) is 11.0. The zero-order valence-corrected chi connectivity index (χ0v) is 16.6. The lowest BCUT2D eigenvalue weighted by molar-refractivity contribution is 0.246. The molecular weight excluding hydrogens is 389 g/mol. The number of benzene rings is 2. The van der Waals surface area contributed by atoms with Crippen molar-refractivity contribution in [2.24, 2.45) is 11.7 Å². The lowest BCUT2D eigenvalue weighted by Crippen LogP contribution is -2.48. The second-order valence-corrected chi connectivity index (χ2v) is 6.39. The van der Waals surface area contributed by atoms with E-state index in [0.717, 1.165) is 10.6 Å². The van der Waals surface area contributed by atoms with Gasteiger partial charge in [-0.3, -0.25) is 5.43 Å². The number of aryl methyl sites for hydroxylation is 1. The SMILES string of the molecule is COc1ccc(-c2cccc(OCc3c(C)cccc3N(N)C(=O)NN)n2)cc1F. The molecule has 0 saturated heterocycles. The van der Waals surface area contributed by atoms with Crippen LogP contribution in [0.5, 0.6) is 11.6 Å². The monoisotopic (exact) mass is 411 g/mol. The number of rotatable bonds is 6. The fourth-order valence-corrected chi connectivity index (χ4v) is 2.91. The molecule has 0 aliphatic rings. The number of hydrazine groups is 2. The topological polar surface area (TPSA) is 116 Å². The fourth-order valence-electron chi connectivity index (χ4n) is 2.91. The highest BCUT2D eigenvalue weighted by atomic mass is 19.1. The largest absolute Gasteiger partial charge is 0.494 e. The van der Waals surface area contributed by atoms with Gasteiger partial charge in [0.25, 0.3) is 0 Å². The lowest BCUT2D eigenvalue weighted by atomic mass is 10.1. The van der Waals surface area contributed by atoms with Crippen LogP contribution in [-0.4, -0.2) is 18.1 Å². The molecule has 0 aliphatic heterocycles. The van der Waals surface area contributed by atoms with Crippen molar-refractivity contribution in [3.8, 4) is 22.9 Å². The number of pyridine rings is 1. The van der Waals surface area contributed by atoms with Crippen LogP contribution in [0.15, 0.2) is 54.6 Å². The summed E-state index contributed by atoms with van der Waals surface area (Å²) in [6, 6.07) is 14.5. The third kappa shape index (κ3) is 4.48. The van der Waals surface area contributed by atoms with Crippen LogP contribution < -0.4 is 31.6 Å². The van der Waals surface area contributed by atoms with Gasteiger partial charge in [0.05, 0.1) is 18.5 Å². The number of anilines is 1. The molecule has 0 aliphatic carbocycles. The molecule has 0 spiro atoms. The first-order chi connectivity index (χ1) is 14.4. The molecule has 1 aromatic heterocycles. The summed E-state index contributed by atoms with van der Waals surface area (Å²) in [5, 5.41) is 0.912. The Morgan fingerprint density at radius 2 is 1.97 bits per heavy atom. The first-order valence-electron chi connectivity index (χ1n) is 9.02. The smallest absolute Gasteiger partial charge is 0.350 e. The van der Waals surface area contributed by atoms with Crippen LogP contribution in [0.25, 0.3) is 11.3 Å². The number of urea groups is 1. The molecule has 0 unspecified atom stereocenters. The number of aromatic nitrogens is 1. The molecule has 5 N–H and O–H groups in total. The van der Waals surface area contributed by atoms with E-state index in [9.17, 15) is 9.18 Å². The zero-order valence-electron chi connectivity index (χ0n) is 16.6. The number of carbonyl (C=O) groups is 1. The van der Waals surface area contributed by atoms with E-state index in [1.807, 2.05) is 18.4 Å². The molecule has 9 heteroatoms. The average molecular weight is 411 g/mol. The van der Waals surface area contributed by atoms with E-state index in [1.54, 1.807) is 36.4 Å². The van der Waals surface area contributed by atoms with Crippen LogP contribution in [0.3, 0.4) is 0 Å². The van der Waals surface area contributed by atoms with Crippen molar-refractivity contribution in [1.29, 1.82) is 0 Å². The second-order valence-electron chi connectivity index (χ2n) is 6.39. The second kappa shape index (κ2) is 9.21. The van der Waals surface area contributed by atoms with E-state index in [4.69, 9.17) is 21.2 Å². The minimum Gasteiger partial charge on any atom is -0.494 e. The number of nitrogens with two attached hydrogens (primary N) is 2. The van der Waals surface area contributed by atoms with Crippen LogP contribution in [0.4, 0.5) is 14.9 Å². The highest BCUT2D eigenvalue weighted by Crippen LogP contribution is 2.27. The minimum absolute atomic E-state index is 0.112. The number of hydrogen-bond donors (Lipinski definition) is 3. The molecule has 2 amide bonds. The van der Waals surface area contributed by atoms with E-state index in [0.29, 0.717) is 28.4 Å². The summed E-state index contributed by atoms with van der Waals surface area (Å²) in [5.41, 5.74) is 5.15. The quantitative estimate of drug-likeness (QED) is 0.326. The number of amides is 2. The van der Waals surface area contributed by atoms with Crippen LogP contribution >= 0.6 is 0 Å². The summed E-state index contributed by atoms with van der Waals surface area (Å²) in [6.45, 7) is 1.99. The summed E-state index contributed by atoms with van der Waals surface area (Å²) < 4.78 is 24.8. The van der Waals surface area contributed by atoms with Gasteiger partial charge in [-0.25, -0.2) is 30.9 Å². The van der Waals surface area contributed by atoms with Gasteiger partial charge in [-0.15, -0.1) is 0 Å². The van der Waals surface area contributed by atoms with Crippen molar-refractivity contribution in [3.05, 3.63) is 71.5 Å². The predicted molar refractivity (Wildman–Crippen MR) is 111 cm³/mol. The number of carbonyl (C=O) groups excluding carboxylic acids is 1. The maximum atomic E-state index is 14.0. The fraction of sp³-hybridized carbons (Fsp3) is 0.143. The summed E-state index contributed by atoms with van der Waals surface area (Å²) in [7, 11) is 1.41. The summed E-state index contributed by atoms with van der Waals surface area (Å²) in [6.07, 6.45) is 0. The third-order valence-corrected chi connectivity index (χ3v) is 4.52. The normalized spacial score (nSPS) is 10.4. The van der Waals surface area contributed by atoms with Crippen LogP contribution in [0.1, 0.15) is 11.1 Å². The molecule has 0 saturated carbocycles. The van der Waals surface area contributed by atoms with Gasteiger partial charge in [0.15, 0.2) is 11.6 Å². The Hall–Kier alpha value is -3.69. The number of ether oxygens (including phenoxy) is 2. The molecular formula is C21H22FN5O3. The van der Waals surface area contributed by atoms with Crippen molar-refractivity contribution in [2.75, 3.05) is 12.1 Å². The average Bonchev–Trinajstić information content (AvgIpc) is 2.77. The molecule has 2 aromatic carbocycles. The Balaban J connectivity index is 1.83. The van der Waals surface area contributed by atoms with Gasteiger partial charge in [-0.2, -0.15) is 0 Å². The third-order valence-electron chi connectivity index (χ3n) is 4.52. The first-order valence-corrected chi connectivity index (χ1v) is 9.02. The first kappa shape index (κ1) is 21.0. The van der Waals surface area contributed by atoms with Gasteiger partial charge in [-0.05, 0) is 42.8 Å². The molecule has 3 aromatic rings. The van der Waals surface area contributed by atoms with Gasteiger partial charge >= 0.3 is 6.03 Å². The van der Waals surface area contributed by atoms with Gasteiger partial charge < -0.3 is 9.47 Å². The van der Waals surface area contributed by atoms with Crippen LogP contribution in [0, 0.1) is 12.7 Å². The molecule has 1 heterocycles. The lowest BCUT2D eigenvalue weighted by Gasteiger charge is -2.21. The summed E-state index contributed by atoms with van der Waals surface area (Å²) >= 11 is 0. The number of halogens is 1. The van der Waals surface area contributed by atoms with Gasteiger partial charge in [0, 0.05) is 17.2 Å². The van der Waals surface area contributed by atoms with Crippen molar-refractivity contribution in [3.63, 3.8) is 0 Å². The van der Waals surface area contributed by atoms with Gasteiger partial charge in [-0.1, -0.05) is 18.2 Å². The van der Waals surface area contributed by atoms with Gasteiger partial charge in [0.1, 0.15) is 6.61 Å². The number of nitrogens with zero attached hydrogens (tertiary/aromatic N) is 2. The maximum Gasteiger partial charge on any atom is 0.350 e. The van der Waals surface area contributed by atoms with Crippen molar-refractivity contribution < 1.29 is 18.7 Å². The Bertz CT molecular complexity index is 1060. The minimum atomic E-state index is -0.663. The molecule has 0 fully saturated rings. The highest BCUT2D eigenvalue weighted by Gasteiger charge is 2.16. The Morgan fingerprint density at radius 1 is 1.20 bits per heavy atom. The standard InChI is InChI=1S/C21H22FN5O3/c1-13-5-3-7-18(27(24)21(28)26-23)15(13)12-30-20-8-4-6-17(25-20)14-9-10-19(29-2)16(22)11-14/h3-11H,12,23-24H2,1-2H3,(H,26,28). The maximum absolute atomic E-state index is 14.0. The van der Waals surface area contributed by atoms with Crippen LogP contribution in [-0.2, 0) is 6.61 Å². The molecule has 3 rings (SSSR count). The molecule has 0 radical (unpaired) electrons. The van der Waals surface area contributed by atoms with E-state index in [-0.39, 0.29) is 12.4 Å². The predicted octanol–water partition coefficient (Wildman–Crippen LogP) is 3.05. The molecule has 0 bridgehead atoms. The van der Waals surface area contributed by atoms with E-state index >= 15 is 0 Å². The van der Waals surface area contributed by atoms with E-state index in [2.05, 4.69) is 4.98 Å². The Kier molecular flexibility index (Phi) is 6.45. The molecule has 30 heavy (non-hydrogen) atoms. The summed E-state index contributed by atoms with van der Waals surface area (Å²) in [4.78, 5) is 16.2. The van der Waals surface area contributed by atoms with Crippen molar-refractivity contribution in [1.82, 2.24) is 10.4 Å². The molecule has 8 nitrogen and oxygen atoms in total. The van der Waals surface area contributed by atoms with E-state index in [1.165, 1.54) is 19.2 Å². The number of methoxy groups -OCH3 is 1. The molecule has 0 atom stereocenters. The van der Waals surface area contributed by atoms with Gasteiger partial charge in [0.2, 0.25) is 5.88 Å². The van der Waals surface area contributed by atoms with E-state index < -0.39 is 11.8 Å². The van der Waals surface area contributed by atoms with Crippen LogP contribution in [0.2, 0.25) is 0 Å². The van der Waals surface area contributed by atoms with Crippen molar-refractivity contribution in [2.45, 2.75) is 13.5 Å². The number of nitrogens with one attached hydrogen (secondary N) is 1. The van der Waals surface area contributed by atoms with Crippen molar-refractivity contribution >= 4 is 11.7 Å². The molecule has 156 valence electrons. The zero-order chi connectivity index (χ0) is 21.7. The number of hydrogen-bond acceptors (Lipinski definition) is 6. The highest BCUT2D eigenvalue weighted by molar-refractivity contribution is 5.91.